The van der Waals surface area contributed by atoms with E-state index in [-0.39, 0.29) is 5.75 Å². The number of carbonyl (C=O) groups excluding carboxylic acids is 1. The minimum absolute atomic E-state index is 0.150. The molecule has 0 saturated heterocycles. The Morgan fingerprint density at radius 3 is 2.80 bits per heavy atom. The quantitative estimate of drug-likeness (QED) is 0.704. The number of benzene rings is 1. The molecule has 0 unspecified atom stereocenters. The highest BCUT2D eigenvalue weighted by Crippen LogP contribution is 2.23. The van der Waals surface area contributed by atoms with Gasteiger partial charge >= 0.3 is 6.61 Å². The molecule has 1 aromatic carbocycles. The van der Waals surface area contributed by atoms with Crippen molar-refractivity contribution < 1.29 is 18.3 Å². The minimum Gasteiger partial charge on any atom is -0.435 e. The second-order valence-electron chi connectivity index (χ2n) is 3.20. The van der Waals surface area contributed by atoms with Gasteiger partial charge < -0.3 is 9.53 Å². The summed E-state index contributed by atoms with van der Waals surface area (Å²) in [7, 11) is 0. The van der Waals surface area contributed by atoms with Crippen LogP contribution in [0.5, 0.6) is 5.75 Å². The summed E-state index contributed by atoms with van der Waals surface area (Å²) in [4.78, 5) is 10.2. The average molecular weight is 214 g/mol. The van der Waals surface area contributed by atoms with E-state index in [4.69, 9.17) is 0 Å². The molecule has 0 spiro atoms. The van der Waals surface area contributed by atoms with Crippen LogP contribution in [-0.4, -0.2) is 12.9 Å². The lowest BCUT2D eigenvalue weighted by Crippen LogP contribution is -2.04. The van der Waals surface area contributed by atoms with Crippen LogP contribution in [0.1, 0.15) is 17.5 Å². The summed E-state index contributed by atoms with van der Waals surface area (Å²) in [5.74, 6) is 0.150. The molecule has 2 nitrogen and oxygen atoms in total. The molecular formula is C11H12F2O2. The normalized spacial score (nSPS) is 10.4. The van der Waals surface area contributed by atoms with Crippen molar-refractivity contribution in [3.05, 3.63) is 29.3 Å². The summed E-state index contributed by atoms with van der Waals surface area (Å²) in [6.45, 7) is -0.973. The SMILES string of the molecule is Cc1ccc(OC(F)F)c(CCC=O)c1. The molecule has 0 atom stereocenters. The third-order valence-electron chi connectivity index (χ3n) is 1.96. The number of rotatable bonds is 5. The maximum atomic E-state index is 12.0. The van der Waals surface area contributed by atoms with Gasteiger partial charge in [-0.25, -0.2) is 0 Å². The second-order valence-corrected chi connectivity index (χ2v) is 3.20. The van der Waals surface area contributed by atoms with Crippen molar-refractivity contribution in [2.45, 2.75) is 26.4 Å². The van der Waals surface area contributed by atoms with Crippen LogP contribution in [0.2, 0.25) is 0 Å². The number of alkyl halides is 2. The van der Waals surface area contributed by atoms with Gasteiger partial charge in [-0.2, -0.15) is 8.78 Å². The summed E-state index contributed by atoms with van der Waals surface area (Å²) in [6.07, 6.45) is 1.49. The number of ether oxygens (including phenoxy) is 1. The summed E-state index contributed by atoms with van der Waals surface area (Å²) in [5.41, 5.74) is 1.60. The van der Waals surface area contributed by atoms with Crippen LogP contribution in [-0.2, 0) is 11.2 Å². The predicted octanol–water partition coefficient (Wildman–Crippen LogP) is 2.73. The molecule has 0 bridgehead atoms. The zero-order chi connectivity index (χ0) is 11.3. The van der Waals surface area contributed by atoms with E-state index in [9.17, 15) is 13.6 Å². The first kappa shape index (κ1) is 11.6. The van der Waals surface area contributed by atoms with Crippen LogP contribution in [0.15, 0.2) is 18.2 Å². The highest BCUT2D eigenvalue weighted by atomic mass is 19.3. The standard InChI is InChI=1S/C11H12F2O2/c1-8-4-5-10(15-11(12)13)9(7-8)3-2-6-14/h4-7,11H,2-3H2,1H3. The first-order chi connectivity index (χ1) is 7.13. The Hall–Kier alpha value is -1.45. The molecule has 0 heterocycles. The zero-order valence-corrected chi connectivity index (χ0v) is 8.37. The smallest absolute Gasteiger partial charge is 0.387 e. The Labute approximate surface area is 86.9 Å². The van der Waals surface area contributed by atoms with E-state index < -0.39 is 6.61 Å². The van der Waals surface area contributed by atoms with Gasteiger partial charge in [0.1, 0.15) is 12.0 Å². The molecule has 0 aromatic heterocycles. The highest BCUT2D eigenvalue weighted by molar-refractivity contribution is 5.51. The molecule has 15 heavy (non-hydrogen) atoms. The lowest BCUT2D eigenvalue weighted by atomic mass is 10.1. The number of carbonyl (C=O) groups is 1. The van der Waals surface area contributed by atoms with Gasteiger partial charge in [-0.15, -0.1) is 0 Å². The largest absolute Gasteiger partial charge is 0.435 e. The van der Waals surface area contributed by atoms with Gasteiger partial charge in [0.25, 0.3) is 0 Å². The Morgan fingerprint density at radius 1 is 1.47 bits per heavy atom. The van der Waals surface area contributed by atoms with Gasteiger partial charge in [0.15, 0.2) is 0 Å². The van der Waals surface area contributed by atoms with E-state index in [1.165, 1.54) is 6.07 Å². The molecule has 0 radical (unpaired) electrons. The maximum Gasteiger partial charge on any atom is 0.387 e. The Morgan fingerprint density at radius 2 is 2.20 bits per heavy atom. The average Bonchev–Trinajstić information content (AvgIpc) is 2.18. The number of aldehydes is 1. The lowest BCUT2D eigenvalue weighted by molar-refractivity contribution is -0.107. The van der Waals surface area contributed by atoms with Gasteiger partial charge in [-0.3, -0.25) is 0 Å². The van der Waals surface area contributed by atoms with E-state index in [2.05, 4.69) is 4.74 Å². The van der Waals surface area contributed by atoms with Gasteiger partial charge in [-0.05, 0) is 25.0 Å². The van der Waals surface area contributed by atoms with E-state index in [1.54, 1.807) is 12.1 Å². The number of halogens is 2. The molecular weight excluding hydrogens is 202 g/mol. The van der Waals surface area contributed by atoms with Crippen LogP contribution in [0.4, 0.5) is 8.78 Å². The third-order valence-corrected chi connectivity index (χ3v) is 1.96. The van der Waals surface area contributed by atoms with E-state index in [1.807, 2.05) is 6.92 Å². The molecule has 0 N–H and O–H groups in total. The third kappa shape index (κ3) is 3.65. The van der Waals surface area contributed by atoms with Gasteiger partial charge in [0.05, 0.1) is 0 Å². The molecule has 1 aromatic rings. The first-order valence-corrected chi connectivity index (χ1v) is 4.61. The summed E-state index contributed by atoms with van der Waals surface area (Å²) < 4.78 is 28.4. The second kappa shape index (κ2) is 5.44. The molecule has 0 aliphatic rings. The Bertz CT molecular complexity index is 337. The van der Waals surface area contributed by atoms with E-state index in [0.29, 0.717) is 18.4 Å². The highest BCUT2D eigenvalue weighted by Gasteiger charge is 2.09. The van der Waals surface area contributed by atoms with Crippen LogP contribution in [0, 0.1) is 6.92 Å². The summed E-state index contributed by atoms with van der Waals surface area (Å²) in [6, 6.07) is 4.95. The molecule has 0 aliphatic heterocycles. The number of aryl methyl sites for hydroxylation is 2. The fourth-order valence-electron chi connectivity index (χ4n) is 1.33. The van der Waals surface area contributed by atoms with E-state index in [0.717, 1.165) is 11.8 Å². The molecule has 82 valence electrons. The van der Waals surface area contributed by atoms with Crippen molar-refractivity contribution in [1.82, 2.24) is 0 Å². The van der Waals surface area contributed by atoms with Crippen molar-refractivity contribution >= 4 is 6.29 Å². The monoisotopic (exact) mass is 214 g/mol. The minimum atomic E-state index is -2.83. The van der Waals surface area contributed by atoms with Gasteiger partial charge in [-0.1, -0.05) is 17.7 Å². The van der Waals surface area contributed by atoms with Crippen molar-refractivity contribution in [3.63, 3.8) is 0 Å². The summed E-state index contributed by atoms with van der Waals surface area (Å²) in [5, 5.41) is 0. The van der Waals surface area contributed by atoms with Gasteiger partial charge in [0, 0.05) is 6.42 Å². The van der Waals surface area contributed by atoms with Crippen molar-refractivity contribution in [2.75, 3.05) is 0 Å². The van der Waals surface area contributed by atoms with Crippen molar-refractivity contribution in [1.29, 1.82) is 0 Å². The van der Waals surface area contributed by atoms with Gasteiger partial charge in [0.2, 0.25) is 0 Å². The number of hydrogen-bond acceptors (Lipinski definition) is 2. The van der Waals surface area contributed by atoms with E-state index >= 15 is 0 Å². The van der Waals surface area contributed by atoms with Crippen molar-refractivity contribution in [2.24, 2.45) is 0 Å². The molecule has 0 saturated carbocycles. The summed E-state index contributed by atoms with van der Waals surface area (Å²) >= 11 is 0. The van der Waals surface area contributed by atoms with Crippen molar-refractivity contribution in [3.8, 4) is 5.75 Å². The fraction of sp³-hybridized carbons (Fsp3) is 0.364. The first-order valence-electron chi connectivity index (χ1n) is 4.61. The number of hydrogen-bond donors (Lipinski definition) is 0. The molecule has 0 fully saturated rings. The Balaban J connectivity index is 2.86. The van der Waals surface area contributed by atoms with Crippen LogP contribution >= 0.6 is 0 Å². The topological polar surface area (TPSA) is 26.3 Å². The van der Waals surface area contributed by atoms with Crippen LogP contribution < -0.4 is 4.74 Å². The molecule has 4 heteroatoms. The lowest BCUT2D eigenvalue weighted by Gasteiger charge is -2.10. The molecule has 1 rings (SSSR count). The molecule has 0 amide bonds. The zero-order valence-electron chi connectivity index (χ0n) is 8.37. The molecule has 0 aliphatic carbocycles. The maximum absolute atomic E-state index is 12.0. The van der Waals surface area contributed by atoms with Crippen LogP contribution in [0.25, 0.3) is 0 Å². The van der Waals surface area contributed by atoms with Crippen LogP contribution in [0.3, 0.4) is 0 Å². The Kier molecular flexibility index (Phi) is 4.21. The predicted molar refractivity (Wildman–Crippen MR) is 52.2 cm³/mol. The fourth-order valence-corrected chi connectivity index (χ4v) is 1.33.